The molecule has 3 aromatic rings. The topological polar surface area (TPSA) is 48.7 Å². The summed E-state index contributed by atoms with van der Waals surface area (Å²) >= 11 is 0. The molecule has 2 aromatic carbocycles. The Labute approximate surface area is 247 Å². The van der Waals surface area contributed by atoms with Crippen LogP contribution < -0.4 is 14.9 Å². The van der Waals surface area contributed by atoms with E-state index < -0.39 is 0 Å². The molecule has 3 rings (SSSR count). The van der Waals surface area contributed by atoms with E-state index in [1.807, 2.05) is 72.8 Å². The van der Waals surface area contributed by atoms with E-state index in [0.717, 1.165) is 35.5 Å². The lowest BCUT2D eigenvalue weighted by Crippen LogP contribution is -1.99. The van der Waals surface area contributed by atoms with Gasteiger partial charge in [-0.15, -0.1) is 0 Å². The van der Waals surface area contributed by atoms with Gasteiger partial charge >= 0.3 is 0 Å². The fourth-order valence-electron chi connectivity index (χ4n) is 4.65. The van der Waals surface area contributed by atoms with Crippen molar-refractivity contribution in [2.45, 2.75) is 90.9 Å². The molecule has 220 valence electrons. The van der Waals surface area contributed by atoms with Crippen molar-refractivity contribution >= 4 is 24.3 Å². The zero-order valence-electron chi connectivity index (χ0n) is 25.1. The molecule has 0 aliphatic carbocycles. The van der Waals surface area contributed by atoms with Crippen molar-refractivity contribution in [3.63, 3.8) is 0 Å². The Kier molecular flexibility index (Phi) is 15.2. The second kappa shape index (κ2) is 19.5. The molecule has 0 fully saturated rings. The highest BCUT2D eigenvalue weighted by Gasteiger charge is 2.04. The van der Waals surface area contributed by atoms with Crippen LogP contribution in [0.3, 0.4) is 0 Å². The van der Waals surface area contributed by atoms with E-state index >= 15 is 0 Å². The van der Waals surface area contributed by atoms with Crippen molar-refractivity contribution in [2.75, 3.05) is 13.2 Å². The lowest BCUT2D eigenvalue weighted by Gasteiger charge is -2.09. The van der Waals surface area contributed by atoms with E-state index in [4.69, 9.17) is 13.9 Å². The van der Waals surface area contributed by atoms with Crippen LogP contribution in [0, 0.1) is 0 Å². The maximum Gasteiger partial charge on any atom is 0.186 e. The van der Waals surface area contributed by atoms with E-state index in [-0.39, 0.29) is 5.43 Å². The second-order valence-electron chi connectivity index (χ2n) is 10.6. The average molecular weight is 557 g/mol. The van der Waals surface area contributed by atoms with E-state index in [1.54, 1.807) is 0 Å². The third-order valence-electron chi connectivity index (χ3n) is 7.01. The van der Waals surface area contributed by atoms with Gasteiger partial charge in [0.1, 0.15) is 23.0 Å². The lowest BCUT2D eigenvalue weighted by atomic mass is 10.1. The molecule has 0 spiro atoms. The quantitative estimate of drug-likeness (QED) is 0.130. The smallest absolute Gasteiger partial charge is 0.186 e. The average Bonchev–Trinajstić information content (AvgIpc) is 2.99. The normalized spacial score (nSPS) is 11.5. The highest BCUT2D eigenvalue weighted by molar-refractivity contribution is 5.73. The highest BCUT2D eigenvalue weighted by Crippen LogP contribution is 2.23. The molecule has 0 amide bonds. The van der Waals surface area contributed by atoms with Gasteiger partial charge < -0.3 is 13.9 Å². The molecule has 0 saturated heterocycles. The van der Waals surface area contributed by atoms with E-state index in [1.165, 1.54) is 76.3 Å². The van der Waals surface area contributed by atoms with Gasteiger partial charge in [0, 0.05) is 23.3 Å². The van der Waals surface area contributed by atoms with Crippen LogP contribution >= 0.6 is 0 Å². The molecular formula is C37H48O4. The van der Waals surface area contributed by atoms with Gasteiger partial charge in [0.2, 0.25) is 0 Å². The summed E-state index contributed by atoms with van der Waals surface area (Å²) < 4.78 is 18.2. The number of rotatable bonds is 20. The molecule has 0 saturated carbocycles. The third kappa shape index (κ3) is 12.7. The fourth-order valence-corrected chi connectivity index (χ4v) is 4.65. The predicted octanol–water partition coefficient (Wildman–Crippen LogP) is 10.5. The summed E-state index contributed by atoms with van der Waals surface area (Å²) in [5.74, 6) is 2.67. The minimum absolute atomic E-state index is 0.101. The van der Waals surface area contributed by atoms with Gasteiger partial charge in [-0.1, -0.05) is 114 Å². The molecule has 0 N–H and O–H groups in total. The molecule has 0 aliphatic rings. The van der Waals surface area contributed by atoms with E-state index in [2.05, 4.69) is 13.8 Å². The van der Waals surface area contributed by atoms with Crippen LogP contribution in [0.2, 0.25) is 0 Å². The molecule has 4 nitrogen and oxygen atoms in total. The van der Waals surface area contributed by atoms with E-state index in [0.29, 0.717) is 24.7 Å². The molecule has 0 atom stereocenters. The Balaban J connectivity index is 1.59. The Hall–Kier alpha value is -3.53. The van der Waals surface area contributed by atoms with Crippen LogP contribution in [-0.4, -0.2) is 13.2 Å². The van der Waals surface area contributed by atoms with Crippen molar-refractivity contribution < 1.29 is 13.9 Å². The number of para-hydroxylation sites is 2. The SMILES string of the molecule is CCCCCCCCOc1ccccc1/C=C/c1cc(=O)cc(/C=C/c2ccccc2OCCCCCCCC)o1. The number of hydrogen-bond donors (Lipinski definition) is 0. The molecule has 4 heteroatoms. The van der Waals surface area contributed by atoms with Crippen LogP contribution in [0.1, 0.15) is 114 Å². The Bertz CT molecular complexity index is 1160. The first-order chi connectivity index (χ1) is 20.2. The second-order valence-corrected chi connectivity index (χ2v) is 10.6. The van der Waals surface area contributed by atoms with Crippen molar-refractivity contribution in [1.29, 1.82) is 0 Å². The van der Waals surface area contributed by atoms with Crippen LogP contribution in [0.4, 0.5) is 0 Å². The van der Waals surface area contributed by atoms with Crippen molar-refractivity contribution in [1.82, 2.24) is 0 Å². The molecule has 41 heavy (non-hydrogen) atoms. The predicted molar refractivity (Wildman–Crippen MR) is 173 cm³/mol. The number of unbranched alkanes of at least 4 members (excludes halogenated alkanes) is 10. The number of ether oxygens (including phenoxy) is 2. The summed E-state index contributed by atoms with van der Waals surface area (Å²) in [7, 11) is 0. The summed E-state index contributed by atoms with van der Waals surface area (Å²) in [5.41, 5.74) is 1.81. The largest absolute Gasteiger partial charge is 0.493 e. The number of hydrogen-bond acceptors (Lipinski definition) is 4. The zero-order valence-corrected chi connectivity index (χ0v) is 25.1. The maximum absolute atomic E-state index is 12.4. The van der Waals surface area contributed by atoms with Crippen molar-refractivity contribution in [3.8, 4) is 11.5 Å². The van der Waals surface area contributed by atoms with Gasteiger partial charge in [-0.2, -0.15) is 0 Å². The first kappa shape index (κ1) is 32.0. The molecule has 0 aliphatic heterocycles. The lowest BCUT2D eigenvalue weighted by molar-refractivity contribution is 0.303. The van der Waals surface area contributed by atoms with Crippen LogP contribution in [0.15, 0.2) is 69.9 Å². The standard InChI is InChI=1S/C37H48O4/c1-3-5-7-9-11-17-27-39-36-21-15-13-19-31(36)23-25-34-29-33(38)30-35(41-34)26-24-32-20-14-16-22-37(32)40-28-18-12-10-8-6-4-2/h13-16,19-26,29-30H,3-12,17-18,27-28H2,1-2H3/b25-23+,26-24+. The third-order valence-corrected chi connectivity index (χ3v) is 7.01. The first-order valence-corrected chi connectivity index (χ1v) is 15.6. The van der Waals surface area contributed by atoms with Crippen LogP contribution in [0.25, 0.3) is 24.3 Å². The Morgan fingerprint density at radius 3 is 1.44 bits per heavy atom. The summed E-state index contributed by atoms with van der Waals surface area (Å²) in [6.45, 7) is 5.88. The molecule has 1 aromatic heterocycles. The zero-order chi connectivity index (χ0) is 29.0. The number of benzene rings is 2. The van der Waals surface area contributed by atoms with Gasteiger partial charge in [0.15, 0.2) is 5.43 Å². The van der Waals surface area contributed by atoms with Gasteiger partial charge in [-0.05, 0) is 49.3 Å². The first-order valence-electron chi connectivity index (χ1n) is 15.6. The molecule has 0 radical (unpaired) electrons. The van der Waals surface area contributed by atoms with Gasteiger partial charge in [-0.3, -0.25) is 4.79 Å². The van der Waals surface area contributed by atoms with Gasteiger partial charge in [0.25, 0.3) is 0 Å². The fraction of sp³-hybridized carbons (Fsp3) is 0.432. The molecular weight excluding hydrogens is 508 g/mol. The minimum Gasteiger partial charge on any atom is -0.493 e. The Morgan fingerprint density at radius 2 is 0.976 bits per heavy atom. The monoisotopic (exact) mass is 556 g/mol. The van der Waals surface area contributed by atoms with Crippen LogP contribution in [-0.2, 0) is 0 Å². The Morgan fingerprint density at radius 1 is 0.561 bits per heavy atom. The van der Waals surface area contributed by atoms with E-state index in [9.17, 15) is 4.79 Å². The summed E-state index contributed by atoms with van der Waals surface area (Å²) in [5, 5.41) is 0. The molecule has 0 unspecified atom stereocenters. The van der Waals surface area contributed by atoms with Crippen LogP contribution in [0.5, 0.6) is 11.5 Å². The highest BCUT2D eigenvalue weighted by atomic mass is 16.5. The van der Waals surface area contributed by atoms with Crippen molar-refractivity contribution in [2.24, 2.45) is 0 Å². The molecule has 1 heterocycles. The maximum atomic E-state index is 12.4. The van der Waals surface area contributed by atoms with Gasteiger partial charge in [0.05, 0.1) is 13.2 Å². The summed E-state index contributed by atoms with van der Waals surface area (Å²) in [6, 6.07) is 18.9. The molecule has 0 bridgehead atoms. The minimum atomic E-state index is -0.101. The van der Waals surface area contributed by atoms with Crippen molar-refractivity contribution in [3.05, 3.63) is 93.5 Å². The summed E-state index contributed by atoms with van der Waals surface area (Å²) in [6.07, 6.45) is 22.3. The summed E-state index contributed by atoms with van der Waals surface area (Å²) in [4.78, 5) is 12.4. The van der Waals surface area contributed by atoms with Gasteiger partial charge in [-0.25, -0.2) is 0 Å².